The minimum absolute atomic E-state index is 0.0732. The van der Waals surface area contributed by atoms with E-state index in [2.05, 4.69) is 20.2 Å². The van der Waals surface area contributed by atoms with E-state index < -0.39 is 32.7 Å². The third kappa shape index (κ3) is 7.04. The molecule has 0 saturated carbocycles. The highest BCUT2D eigenvalue weighted by Crippen LogP contribution is 2.35. The maximum atomic E-state index is 14.9. The van der Waals surface area contributed by atoms with Crippen LogP contribution in [0.5, 0.6) is 5.75 Å². The summed E-state index contributed by atoms with van der Waals surface area (Å²) in [7, 11) is 49.4. The van der Waals surface area contributed by atoms with E-state index in [0.29, 0.717) is 35.7 Å². The van der Waals surface area contributed by atoms with Crippen LogP contribution in [0.2, 0.25) is 0 Å². The van der Waals surface area contributed by atoms with Crippen LogP contribution in [0.15, 0.2) is 16.9 Å². The second-order valence-corrected chi connectivity index (χ2v) is 13.5. The van der Waals surface area contributed by atoms with Crippen LogP contribution in [0.4, 0.5) is 4.39 Å². The van der Waals surface area contributed by atoms with Gasteiger partial charge >= 0.3 is 0 Å². The van der Waals surface area contributed by atoms with Crippen molar-refractivity contribution < 1.29 is 13.9 Å². The van der Waals surface area contributed by atoms with Crippen molar-refractivity contribution in [2.24, 2.45) is 5.92 Å². The van der Waals surface area contributed by atoms with Crippen LogP contribution in [0.1, 0.15) is 31.5 Å². The molecule has 0 unspecified atom stereocenters. The monoisotopic (exact) mass is 599 g/mol. The van der Waals surface area contributed by atoms with E-state index in [9.17, 15) is 9.18 Å². The van der Waals surface area contributed by atoms with Gasteiger partial charge in [0.15, 0.2) is 0 Å². The number of ether oxygens (including phenoxy) is 2. The largest absolute Gasteiger partial charge is 0.493 e. The Balaban J connectivity index is 1.15. The molecule has 16 radical (unpaired) electrons. The Hall–Kier alpha value is -1.20. The number of fused-ring (bicyclic) bond motifs is 1. The number of thioether (sulfide) groups is 1. The van der Waals surface area contributed by atoms with Gasteiger partial charge in [-0.15, -0.1) is 0 Å². The summed E-state index contributed by atoms with van der Waals surface area (Å²) in [6.45, 7) is 4.05. The number of nitrogens with one attached hydrogen (secondary N) is 2. The van der Waals surface area contributed by atoms with Crippen molar-refractivity contribution >= 4 is 85.4 Å². The number of piperazine rings is 1. The quantitative estimate of drug-likeness (QED) is 0.336. The van der Waals surface area contributed by atoms with Gasteiger partial charge in [0, 0.05) is 43.7 Å². The smallest absolute Gasteiger partial charge is 0.261 e. The van der Waals surface area contributed by atoms with Crippen molar-refractivity contribution in [1.29, 1.82) is 0 Å². The lowest BCUT2D eigenvalue weighted by molar-refractivity contribution is 0.0629. The number of aromatic nitrogens is 2. The predicted octanol–water partition coefficient (Wildman–Crippen LogP) is -1.57. The van der Waals surface area contributed by atoms with Crippen LogP contribution in [-0.4, -0.2) is 155 Å². The standard InChI is InChI=1S/C26H30B8FN5O3S/c27-23(28)25(31,32)40(26(33,34)24(29,30)38-23)8-7-39-5-1-15(2-6-39)13-43-16-11-18(35)21-19(12-16)36-20(37-22(21)41)14-44-17-3-9-42-10-4-17/h11-12,15,17,38H,1-10,13-14H2,(H,36,37,41). The highest BCUT2D eigenvalue weighted by molar-refractivity contribution is 7.99. The van der Waals surface area contributed by atoms with Crippen molar-refractivity contribution in [3.8, 4) is 5.75 Å². The highest BCUT2D eigenvalue weighted by atomic mass is 32.2. The number of aromatic amines is 1. The number of rotatable bonds is 9. The zero-order valence-corrected chi connectivity index (χ0v) is 25.6. The molecule has 0 amide bonds. The molecule has 2 aromatic rings. The van der Waals surface area contributed by atoms with Crippen LogP contribution >= 0.6 is 11.8 Å². The number of likely N-dealkylation sites (tertiary alicyclic amines) is 1. The maximum Gasteiger partial charge on any atom is 0.261 e. The van der Waals surface area contributed by atoms with Gasteiger partial charge in [-0.3, -0.25) is 4.79 Å². The van der Waals surface area contributed by atoms with E-state index in [4.69, 9.17) is 72.2 Å². The molecule has 5 rings (SSSR count). The minimum Gasteiger partial charge on any atom is -0.493 e. The summed E-state index contributed by atoms with van der Waals surface area (Å²) in [5.41, 5.74) is -0.219. The first-order valence-electron chi connectivity index (χ1n) is 14.8. The molecule has 3 fully saturated rings. The van der Waals surface area contributed by atoms with E-state index in [1.54, 1.807) is 17.8 Å². The van der Waals surface area contributed by atoms with Gasteiger partial charge in [-0.25, -0.2) is 9.37 Å². The topological polar surface area (TPSA) is 82.7 Å². The molecule has 18 heteroatoms. The van der Waals surface area contributed by atoms with E-state index in [-0.39, 0.29) is 23.4 Å². The fourth-order valence-electron chi connectivity index (χ4n) is 5.94. The fraction of sp³-hybridized carbons (Fsp3) is 0.692. The Morgan fingerprint density at radius 3 is 2.25 bits per heavy atom. The first-order chi connectivity index (χ1) is 20.6. The lowest BCUT2D eigenvalue weighted by Gasteiger charge is -2.71. The minimum atomic E-state index is -1.88. The van der Waals surface area contributed by atoms with Gasteiger partial charge in [-0.05, 0) is 44.7 Å². The zero-order valence-electron chi connectivity index (χ0n) is 24.8. The summed E-state index contributed by atoms with van der Waals surface area (Å²) in [4.78, 5) is 23.4. The van der Waals surface area contributed by atoms with Crippen molar-refractivity contribution in [3.05, 3.63) is 34.1 Å². The van der Waals surface area contributed by atoms with Gasteiger partial charge in [0.05, 0.1) is 80.6 Å². The third-order valence-electron chi connectivity index (χ3n) is 8.87. The van der Waals surface area contributed by atoms with Crippen molar-refractivity contribution in [2.75, 3.05) is 46.0 Å². The summed E-state index contributed by atoms with van der Waals surface area (Å²) in [6.07, 6.45) is 3.57. The molecule has 4 heterocycles. The number of halogens is 1. The lowest BCUT2D eigenvalue weighted by Crippen LogP contribution is -2.91. The second-order valence-electron chi connectivity index (χ2n) is 12.2. The number of nitrogens with zero attached hydrogens (tertiary/aromatic N) is 3. The lowest BCUT2D eigenvalue weighted by atomic mass is 9.27. The molecule has 3 saturated heterocycles. The Labute approximate surface area is 273 Å². The van der Waals surface area contributed by atoms with Crippen molar-refractivity contribution in [3.63, 3.8) is 0 Å². The Bertz CT molecular complexity index is 1360. The average Bonchev–Trinajstić information content (AvgIpc) is 2.94. The third-order valence-corrected chi connectivity index (χ3v) is 10.3. The molecule has 1 aromatic carbocycles. The molecule has 214 valence electrons. The average molecular weight is 598 g/mol. The van der Waals surface area contributed by atoms with Crippen LogP contribution in [0.25, 0.3) is 10.9 Å². The summed E-state index contributed by atoms with van der Waals surface area (Å²) >= 11 is 1.72. The summed E-state index contributed by atoms with van der Waals surface area (Å²) in [6, 6.07) is 2.86. The Morgan fingerprint density at radius 1 is 0.977 bits per heavy atom. The molecule has 0 atom stereocenters. The van der Waals surface area contributed by atoms with Crippen molar-refractivity contribution in [2.45, 2.75) is 58.0 Å². The van der Waals surface area contributed by atoms with E-state index in [1.807, 2.05) is 0 Å². The van der Waals surface area contributed by atoms with Gasteiger partial charge < -0.3 is 29.6 Å². The number of hydrogen-bond donors (Lipinski definition) is 2. The summed E-state index contributed by atoms with van der Waals surface area (Å²) < 4.78 is 26.3. The maximum absolute atomic E-state index is 14.9. The second kappa shape index (κ2) is 13.1. The van der Waals surface area contributed by atoms with Crippen LogP contribution in [-0.2, 0) is 10.5 Å². The number of hydrogen-bond acceptors (Lipinski definition) is 8. The van der Waals surface area contributed by atoms with Gasteiger partial charge in [-0.1, -0.05) is 21.4 Å². The predicted molar refractivity (Wildman–Crippen MR) is 179 cm³/mol. The van der Waals surface area contributed by atoms with Crippen LogP contribution < -0.4 is 15.6 Å². The fourth-order valence-corrected chi connectivity index (χ4v) is 6.99. The molecular formula is C26H30B8FN5O3S. The molecule has 8 nitrogen and oxygen atoms in total. The first kappa shape index (κ1) is 34.1. The molecule has 3 aliphatic heterocycles. The van der Waals surface area contributed by atoms with Crippen LogP contribution in [0, 0.1) is 11.7 Å². The molecule has 0 spiro atoms. The number of benzene rings is 1. The van der Waals surface area contributed by atoms with Gasteiger partial charge in [-0.2, -0.15) is 11.8 Å². The normalized spacial score (nSPS) is 24.3. The van der Waals surface area contributed by atoms with E-state index in [0.717, 1.165) is 52.0 Å². The van der Waals surface area contributed by atoms with Gasteiger partial charge in [0.1, 0.15) is 22.8 Å². The molecule has 0 aliphatic carbocycles. The van der Waals surface area contributed by atoms with E-state index in [1.165, 1.54) is 11.0 Å². The Kier molecular flexibility index (Phi) is 10.2. The number of piperidine rings is 1. The molecular weight excluding hydrogens is 568 g/mol. The molecule has 1 aromatic heterocycles. The highest BCUT2D eigenvalue weighted by Gasteiger charge is 2.55. The molecule has 44 heavy (non-hydrogen) atoms. The number of H-pyrrole nitrogens is 1. The summed E-state index contributed by atoms with van der Waals surface area (Å²) in [5.74, 6) is 0.946. The molecule has 0 bridgehead atoms. The van der Waals surface area contributed by atoms with Crippen LogP contribution in [0.3, 0.4) is 0 Å². The zero-order chi connectivity index (χ0) is 31.9. The first-order valence-corrected chi connectivity index (χ1v) is 15.8. The SMILES string of the molecule is [B]C1([B])NC([B])([B])C([B])([B])N(CCN2CCC(COc3cc(F)c4c(=O)[nH]c(CSC5CCOCC5)nc4c3)CC2)C1([B])[B]. The van der Waals surface area contributed by atoms with Gasteiger partial charge in [0.25, 0.3) is 5.56 Å². The van der Waals surface area contributed by atoms with Gasteiger partial charge in [0.2, 0.25) is 0 Å². The molecule has 3 aliphatic rings. The molecule has 2 N–H and O–H groups in total. The van der Waals surface area contributed by atoms with E-state index >= 15 is 0 Å². The Morgan fingerprint density at radius 2 is 1.61 bits per heavy atom. The van der Waals surface area contributed by atoms with Crippen molar-refractivity contribution in [1.82, 2.24) is 25.1 Å². The summed E-state index contributed by atoms with van der Waals surface area (Å²) in [5, 5.41) is -4.55.